The molecule has 1 aromatic carbocycles. The first-order chi connectivity index (χ1) is 14.2. The number of aliphatic hydroxyl groups excluding tert-OH is 1. The topological polar surface area (TPSA) is 29.5 Å². The Morgan fingerprint density at radius 1 is 1.10 bits per heavy atom. The van der Waals surface area contributed by atoms with Gasteiger partial charge in [-0.3, -0.25) is 0 Å². The maximum atomic E-state index is 9.49. The largest absolute Gasteiger partial charge is 0.542 e. The van der Waals surface area contributed by atoms with E-state index >= 15 is 0 Å². The van der Waals surface area contributed by atoms with Crippen molar-refractivity contribution < 1.29 is 9.53 Å². The lowest BCUT2D eigenvalue weighted by Gasteiger charge is -2.51. The number of terminal acetylenes is 1. The number of benzene rings is 1. The summed E-state index contributed by atoms with van der Waals surface area (Å²) in [6, 6.07) is 9.89. The summed E-state index contributed by atoms with van der Waals surface area (Å²) in [5.74, 6) is 3.99. The first-order valence-corrected chi connectivity index (χ1v) is 13.9. The molecule has 0 saturated carbocycles. The van der Waals surface area contributed by atoms with Gasteiger partial charge in [0.25, 0.3) is 8.32 Å². The third kappa shape index (κ3) is 8.17. The van der Waals surface area contributed by atoms with Gasteiger partial charge in [0.2, 0.25) is 0 Å². The van der Waals surface area contributed by atoms with Crippen LogP contribution in [0.4, 0.5) is 0 Å². The van der Waals surface area contributed by atoms with E-state index in [0.717, 1.165) is 31.1 Å². The molecular weight excluding hydrogens is 396 g/mol. The Bertz CT molecular complexity index is 725. The molecule has 1 aromatic rings. The van der Waals surface area contributed by atoms with Gasteiger partial charge < -0.3 is 9.53 Å². The highest BCUT2D eigenvalue weighted by Crippen LogP contribution is 2.54. The maximum absolute atomic E-state index is 9.49. The molecule has 0 radical (unpaired) electrons. The van der Waals surface area contributed by atoms with Crippen molar-refractivity contribution >= 4 is 8.32 Å². The number of rotatable bonds is 10. The summed E-state index contributed by atoms with van der Waals surface area (Å²) < 4.78 is 6.99. The second-order valence-corrected chi connectivity index (χ2v) is 16.7. The molecule has 2 nitrogen and oxygen atoms in total. The smallest absolute Gasteiger partial charge is 0.262 e. The quantitative estimate of drug-likeness (QED) is 0.226. The maximum Gasteiger partial charge on any atom is 0.262 e. The van der Waals surface area contributed by atoms with Crippen LogP contribution in [-0.4, -0.2) is 19.5 Å². The summed E-state index contributed by atoms with van der Waals surface area (Å²) in [6.07, 6.45) is 10.3. The van der Waals surface area contributed by atoms with Gasteiger partial charge in [-0.05, 0) is 72.3 Å². The van der Waals surface area contributed by atoms with Gasteiger partial charge in [-0.1, -0.05) is 85.1 Å². The Morgan fingerprint density at radius 2 is 1.65 bits per heavy atom. The molecule has 0 aliphatic carbocycles. The van der Waals surface area contributed by atoms with Crippen LogP contribution in [0.3, 0.4) is 0 Å². The molecule has 0 aliphatic heterocycles. The van der Waals surface area contributed by atoms with Crippen LogP contribution in [0.2, 0.25) is 16.1 Å². The van der Waals surface area contributed by atoms with E-state index in [1.165, 1.54) is 11.1 Å². The predicted molar refractivity (Wildman–Crippen MR) is 138 cm³/mol. The highest BCUT2D eigenvalue weighted by atomic mass is 28.4. The summed E-state index contributed by atoms with van der Waals surface area (Å²) >= 11 is 0. The fourth-order valence-electron chi connectivity index (χ4n) is 4.62. The van der Waals surface area contributed by atoms with Gasteiger partial charge in [-0.25, -0.2) is 0 Å². The average molecular weight is 443 g/mol. The van der Waals surface area contributed by atoms with Crippen LogP contribution in [0.15, 0.2) is 35.9 Å². The van der Waals surface area contributed by atoms with Crippen molar-refractivity contribution in [2.24, 2.45) is 5.92 Å². The van der Waals surface area contributed by atoms with Crippen LogP contribution in [0.1, 0.15) is 87.1 Å². The Labute approximate surface area is 193 Å². The molecule has 0 spiro atoms. The Morgan fingerprint density at radius 3 is 2.10 bits per heavy atom. The monoisotopic (exact) mass is 442 g/mol. The third-order valence-electron chi connectivity index (χ3n) is 6.26. The van der Waals surface area contributed by atoms with Gasteiger partial charge >= 0.3 is 0 Å². The molecule has 0 fully saturated rings. The number of aliphatic hydroxyl groups is 1. The summed E-state index contributed by atoms with van der Waals surface area (Å²) in [5, 5.41) is 9.78. The van der Waals surface area contributed by atoms with Crippen molar-refractivity contribution in [2.45, 2.75) is 110 Å². The molecule has 0 bridgehead atoms. The number of hydrogen-bond acceptors (Lipinski definition) is 2. The highest BCUT2D eigenvalue weighted by Gasteiger charge is 2.56. The normalized spacial score (nSPS) is 14.5. The van der Waals surface area contributed by atoms with Crippen molar-refractivity contribution in [2.75, 3.05) is 0 Å². The summed E-state index contributed by atoms with van der Waals surface area (Å²) in [4.78, 5) is 0. The summed E-state index contributed by atoms with van der Waals surface area (Å²) in [7, 11) is -2.13. The zero-order valence-electron chi connectivity index (χ0n) is 21.5. The van der Waals surface area contributed by atoms with Gasteiger partial charge in [0, 0.05) is 0 Å². The lowest BCUT2D eigenvalue weighted by Crippen LogP contribution is -2.57. The van der Waals surface area contributed by atoms with Crippen LogP contribution in [0.25, 0.3) is 0 Å². The van der Waals surface area contributed by atoms with E-state index < -0.39 is 14.4 Å². The molecule has 1 atom stereocenters. The SMILES string of the molecule is C#C[C@H](O)CC/C(C)=C/CCc1ccc(O[Si](CC(C)C)(C(C)(C)C)C(C)(C)C)cc1. The van der Waals surface area contributed by atoms with E-state index in [4.69, 9.17) is 10.8 Å². The second-order valence-electron chi connectivity index (χ2n) is 11.5. The predicted octanol–water partition coefficient (Wildman–Crippen LogP) is 7.92. The molecule has 174 valence electrons. The minimum absolute atomic E-state index is 0.142. The Hall–Kier alpha value is -1.50. The van der Waals surface area contributed by atoms with E-state index in [9.17, 15) is 5.11 Å². The minimum atomic E-state index is -2.13. The zero-order chi connectivity index (χ0) is 23.9. The van der Waals surface area contributed by atoms with Crippen LogP contribution in [0, 0.1) is 18.3 Å². The molecule has 0 saturated heterocycles. The fourth-order valence-corrected chi connectivity index (χ4v) is 10.5. The molecule has 1 N–H and O–H groups in total. The van der Waals surface area contributed by atoms with Crippen molar-refractivity contribution in [3.63, 3.8) is 0 Å². The van der Waals surface area contributed by atoms with Gasteiger partial charge in [0.15, 0.2) is 0 Å². The van der Waals surface area contributed by atoms with Gasteiger partial charge in [-0.15, -0.1) is 6.42 Å². The van der Waals surface area contributed by atoms with Crippen molar-refractivity contribution in [1.29, 1.82) is 0 Å². The lowest BCUT2D eigenvalue weighted by atomic mass is 10.0. The lowest BCUT2D eigenvalue weighted by molar-refractivity contribution is 0.222. The molecule has 3 heteroatoms. The Kier molecular flexibility index (Phi) is 10.1. The second kappa shape index (κ2) is 11.4. The third-order valence-corrected chi connectivity index (χ3v) is 13.1. The van der Waals surface area contributed by atoms with Gasteiger partial charge in [0.1, 0.15) is 11.9 Å². The van der Waals surface area contributed by atoms with Gasteiger partial charge in [0.05, 0.1) is 0 Å². The van der Waals surface area contributed by atoms with Crippen molar-refractivity contribution in [3.8, 4) is 18.1 Å². The van der Waals surface area contributed by atoms with Crippen LogP contribution in [-0.2, 0) is 6.42 Å². The van der Waals surface area contributed by atoms with Crippen LogP contribution in [0.5, 0.6) is 5.75 Å². The van der Waals surface area contributed by atoms with Crippen molar-refractivity contribution in [1.82, 2.24) is 0 Å². The molecule has 0 unspecified atom stereocenters. The zero-order valence-corrected chi connectivity index (χ0v) is 22.5. The van der Waals surface area contributed by atoms with E-state index in [-0.39, 0.29) is 10.1 Å². The highest BCUT2D eigenvalue weighted by molar-refractivity contribution is 6.80. The van der Waals surface area contributed by atoms with E-state index in [1.807, 2.05) is 0 Å². The van der Waals surface area contributed by atoms with Crippen LogP contribution < -0.4 is 4.43 Å². The molecule has 0 amide bonds. The molecule has 31 heavy (non-hydrogen) atoms. The average Bonchev–Trinajstić information content (AvgIpc) is 2.64. The molecule has 0 aromatic heterocycles. The van der Waals surface area contributed by atoms with Gasteiger partial charge in [-0.2, -0.15) is 0 Å². The van der Waals surface area contributed by atoms with Crippen molar-refractivity contribution in [3.05, 3.63) is 41.5 Å². The van der Waals surface area contributed by atoms with E-state index in [0.29, 0.717) is 12.3 Å². The number of allylic oxidation sites excluding steroid dienone is 2. The molecule has 0 heterocycles. The first-order valence-electron chi connectivity index (χ1n) is 11.8. The number of aryl methyl sites for hydroxylation is 1. The Balaban J connectivity index is 2.88. The molecular formula is C28H46O2Si. The fraction of sp³-hybridized carbons (Fsp3) is 0.643. The molecule has 0 aliphatic rings. The van der Waals surface area contributed by atoms with E-state index in [2.05, 4.69) is 98.6 Å². The summed E-state index contributed by atoms with van der Waals surface area (Å²) in [6.45, 7) is 20.9. The molecule has 1 rings (SSSR count). The summed E-state index contributed by atoms with van der Waals surface area (Å²) in [5.41, 5.74) is 2.61. The number of hydrogen-bond donors (Lipinski definition) is 1. The van der Waals surface area contributed by atoms with E-state index in [1.54, 1.807) is 0 Å². The van der Waals surface area contributed by atoms with Crippen LogP contribution >= 0.6 is 0 Å². The standard InChI is InChI=1S/C28H46O2Si/c1-11-25(29)18-15-23(4)13-12-14-24-16-19-26(20-17-24)30-31(21-22(2)3,27(5,6)7)28(8,9)10/h1,13,16-17,19-20,22,25,29H,12,14-15,18,21H2,2-10H3/b23-13+/t25-/m0/s1. The minimum Gasteiger partial charge on any atom is -0.542 e. The first kappa shape index (κ1) is 27.5.